The second kappa shape index (κ2) is 8.93. The minimum absolute atomic E-state index is 0. The predicted molar refractivity (Wildman–Crippen MR) is 103 cm³/mol. The normalized spacial score (nSPS) is 13.0. The molecule has 136 valence electrons. The van der Waals surface area contributed by atoms with Gasteiger partial charge in [-0.3, -0.25) is 0 Å². The van der Waals surface area contributed by atoms with Crippen LogP contribution < -0.4 is 22.2 Å². The van der Waals surface area contributed by atoms with E-state index in [9.17, 15) is 0 Å². The van der Waals surface area contributed by atoms with Crippen LogP contribution in [0.2, 0.25) is 0 Å². The number of nitrogens with one attached hydrogen (secondary N) is 1. The molecule has 0 saturated carbocycles. The molecule has 0 unspecified atom stereocenters. The van der Waals surface area contributed by atoms with Crippen molar-refractivity contribution in [1.82, 2.24) is 4.98 Å². The Bertz CT molecular complexity index is 637. The molecule has 1 aliphatic heterocycles. The van der Waals surface area contributed by atoms with Crippen LogP contribution >= 0.6 is 11.8 Å². The first kappa shape index (κ1) is 20.1. The lowest BCUT2D eigenvalue weighted by molar-refractivity contribution is -0.942. The molecule has 25 heavy (non-hydrogen) atoms. The third kappa shape index (κ3) is 4.49. The fraction of sp³-hybridized carbons (Fsp3) is 0.450. The quantitative estimate of drug-likeness (QED) is 0.803. The van der Waals surface area contributed by atoms with Gasteiger partial charge in [-0.2, -0.15) is 0 Å². The molecule has 0 aliphatic carbocycles. The second-order valence-corrected chi connectivity index (χ2v) is 8.12. The maximum absolute atomic E-state index is 4.67. The van der Waals surface area contributed by atoms with Crippen molar-refractivity contribution in [3.63, 3.8) is 0 Å². The summed E-state index contributed by atoms with van der Waals surface area (Å²) in [6.07, 6.45) is 3.07. The molecule has 0 saturated heterocycles. The van der Waals surface area contributed by atoms with Gasteiger partial charge >= 0.3 is 0 Å². The van der Waals surface area contributed by atoms with Gasteiger partial charge in [0.25, 0.3) is 0 Å². The number of pyridine rings is 1. The largest absolute Gasteiger partial charge is 1.00 e. The lowest BCUT2D eigenvalue weighted by Gasteiger charge is -2.33. The molecule has 0 atom stereocenters. The summed E-state index contributed by atoms with van der Waals surface area (Å²) in [7, 11) is 0. The zero-order valence-electron chi connectivity index (χ0n) is 15.5. The first-order valence-corrected chi connectivity index (χ1v) is 9.74. The van der Waals surface area contributed by atoms with Crippen LogP contribution in [0.3, 0.4) is 0 Å². The van der Waals surface area contributed by atoms with Gasteiger partial charge in [-0.1, -0.05) is 23.9 Å². The summed E-state index contributed by atoms with van der Waals surface area (Å²) in [4.78, 5) is 11.3. The van der Waals surface area contributed by atoms with Crippen molar-refractivity contribution < 1.29 is 17.3 Å². The number of quaternary nitrogens is 1. The molecule has 0 amide bonds. The van der Waals surface area contributed by atoms with Gasteiger partial charge in [0.15, 0.2) is 0 Å². The SMILES string of the molecule is CC(C)[NH+](CCCN1c2ccccc2Sc2cccnc21)C(C)C.[Cl-]. The van der Waals surface area contributed by atoms with Crippen molar-refractivity contribution in [1.29, 1.82) is 0 Å². The monoisotopic (exact) mass is 377 g/mol. The summed E-state index contributed by atoms with van der Waals surface area (Å²) in [5.41, 5.74) is 1.30. The van der Waals surface area contributed by atoms with Crippen molar-refractivity contribution in [3.05, 3.63) is 42.6 Å². The summed E-state index contributed by atoms with van der Waals surface area (Å²) in [6.45, 7) is 11.5. The molecule has 3 nitrogen and oxygen atoms in total. The van der Waals surface area contributed by atoms with Crippen LogP contribution in [-0.2, 0) is 0 Å². The fourth-order valence-corrected chi connectivity index (χ4v) is 4.64. The molecule has 0 bridgehead atoms. The van der Waals surface area contributed by atoms with Gasteiger partial charge in [0.2, 0.25) is 0 Å². The number of benzene rings is 1. The van der Waals surface area contributed by atoms with Crippen molar-refractivity contribution in [2.45, 2.75) is 56.0 Å². The number of halogens is 1. The van der Waals surface area contributed by atoms with Crippen molar-refractivity contribution in [2.75, 3.05) is 18.0 Å². The predicted octanol–water partition coefficient (Wildman–Crippen LogP) is 0.780. The Balaban J connectivity index is 0.00000225. The van der Waals surface area contributed by atoms with Crippen LogP contribution in [0.4, 0.5) is 11.5 Å². The van der Waals surface area contributed by atoms with Crippen molar-refractivity contribution >= 4 is 23.3 Å². The smallest absolute Gasteiger partial charge is 0.147 e. The molecule has 5 heteroatoms. The average molecular weight is 378 g/mol. The van der Waals surface area contributed by atoms with Gasteiger partial charge in [-0.05, 0) is 52.0 Å². The van der Waals surface area contributed by atoms with E-state index in [-0.39, 0.29) is 12.4 Å². The van der Waals surface area contributed by atoms with Gasteiger partial charge in [-0.15, -0.1) is 0 Å². The molecule has 1 aliphatic rings. The number of fused-ring (bicyclic) bond motifs is 2. The Hall–Kier alpha value is -1.23. The molecule has 2 heterocycles. The van der Waals surface area contributed by atoms with E-state index in [1.165, 1.54) is 28.4 Å². The molecule has 2 aromatic rings. The van der Waals surface area contributed by atoms with Gasteiger partial charge in [0.1, 0.15) is 5.82 Å². The first-order chi connectivity index (χ1) is 11.6. The maximum atomic E-state index is 4.67. The van der Waals surface area contributed by atoms with Gasteiger partial charge in [0.05, 0.1) is 29.2 Å². The van der Waals surface area contributed by atoms with E-state index < -0.39 is 0 Å². The highest BCUT2D eigenvalue weighted by atomic mass is 35.5. The average Bonchev–Trinajstić information content (AvgIpc) is 2.57. The molecule has 0 radical (unpaired) electrons. The van der Waals surface area contributed by atoms with Crippen LogP contribution in [0, 0.1) is 0 Å². The minimum atomic E-state index is 0. The summed E-state index contributed by atoms with van der Waals surface area (Å²) < 4.78 is 0. The Labute approximate surface area is 162 Å². The van der Waals surface area contributed by atoms with E-state index in [1.807, 2.05) is 24.0 Å². The lowest BCUT2D eigenvalue weighted by atomic mass is 10.2. The summed E-state index contributed by atoms with van der Waals surface area (Å²) in [5.74, 6) is 1.11. The highest BCUT2D eigenvalue weighted by Gasteiger charge is 2.24. The maximum Gasteiger partial charge on any atom is 0.147 e. The van der Waals surface area contributed by atoms with Crippen LogP contribution in [0.15, 0.2) is 52.4 Å². The summed E-state index contributed by atoms with van der Waals surface area (Å²) in [6, 6.07) is 14.2. The van der Waals surface area contributed by atoms with Gasteiger partial charge < -0.3 is 22.2 Å². The number of aromatic nitrogens is 1. The highest BCUT2D eigenvalue weighted by molar-refractivity contribution is 7.99. The molecule has 0 fully saturated rings. The molecule has 1 aromatic heterocycles. The topological polar surface area (TPSA) is 20.6 Å². The van der Waals surface area contributed by atoms with Crippen LogP contribution in [0.25, 0.3) is 0 Å². The number of nitrogens with zero attached hydrogens (tertiary/aromatic N) is 2. The van der Waals surface area contributed by atoms with Crippen molar-refractivity contribution in [2.24, 2.45) is 0 Å². The molecule has 3 rings (SSSR count). The molecular weight excluding hydrogens is 350 g/mol. The summed E-state index contributed by atoms with van der Waals surface area (Å²) in [5, 5.41) is 0. The van der Waals surface area contributed by atoms with E-state index in [1.54, 1.807) is 4.90 Å². The standard InChI is InChI=1S/C20H27N3S.ClH/c1-15(2)22(16(3)4)13-8-14-23-17-9-5-6-10-18(17)24-19-11-7-12-21-20(19)23;/h5-7,9-12,15-16H,8,13-14H2,1-4H3;1H. The molecular formula is C20H28ClN3S. The highest BCUT2D eigenvalue weighted by Crippen LogP contribution is 2.46. The number of para-hydroxylation sites is 1. The van der Waals surface area contributed by atoms with Crippen LogP contribution in [0.1, 0.15) is 34.1 Å². The fourth-order valence-electron chi connectivity index (χ4n) is 3.58. The van der Waals surface area contributed by atoms with Crippen LogP contribution in [0.5, 0.6) is 0 Å². The van der Waals surface area contributed by atoms with E-state index in [0.29, 0.717) is 12.1 Å². The van der Waals surface area contributed by atoms with E-state index in [4.69, 9.17) is 0 Å². The minimum Gasteiger partial charge on any atom is -1.00 e. The molecule has 0 spiro atoms. The molecule has 1 N–H and O–H groups in total. The first-order valence-electron chi connectivity index (χ1n) is 8.93. The zero-order chi connectivity index (χ0) is 17.1. The zero-order valence-corrected chi connectivity index (χ0v) is 17.1. The Morgan fingerprint density at radius 2 is 1.68 bits per heavy atom. The second-order valence-electron chi connectivity index (χ2n) is 7.03. The van der Waals surface area contributed by atoms with E-state index in [2.05, 4.69) is 67.9 Å². The van der Waals surface area contributed by atoms with E-state index >= 15 is 0 Å². The third-order valence-corrected chi connectivity index (χ3v) is 5.82. The summed E-state index contributed by atoms with van der Waals surface area (Å²) >= 11 is 1.83. The Kier molecular flexibility index (Phi) is 7.17. The van der Waals surface area contributed by atoms with Gasteiger partial charge in [0, 0.05) is 24.1 Å². The van der Waals surface area contributed by atoms with Crippen LogP contribution in [-0.4, -0.2) is 30.2 Å². The van der Waals surface area contributed by atoms with E-state index in [0.717, 1.165) is 12.4 Å². The number of anilines is 2. The Morgan fingerprint density at radius 3 is 2.40 bits per heavy atom. The molecule has 1 aromatic carbocycles. The van der Waals surface area contributed by atoms with Gasteiger partial charge in [-0.25, -0.2) is 4.98 Å². The number of hydrogen-bond donors (Lipinski definition) is 1. The number of hydrogen-bond acceptors (Lipinski definition) is 3. The third-order valence-electron chi connectivity index (χ3n) is 4.71. The number of rotatable bonds is 6. The van der Waals surface area contributed by atoms with Crippen molar-refractivity contribution in [3.8, 4) is 0 Å². The lowest BCUT2D eigenvalue weighted by Crippen LogP contribution is -3.17. The Morgan fingerprint density at radius 1 is 1.00 bits per heavy atom.